The third-order valence-corrected chi connectivity index (χ3v) is 5.23. The van der Waals surface area contributed by atoms with Gasteiger partial charge < -0.3 is 0 Å². The molecule has 0 aliphatic heterocycles. The summed E-state index contributed by atoms with van der Waals surface area (Å²) >= 11 is 0. The second kappa shape index (κ2) is 8.08. The van der Waals surface area contributed by atoms with Crippen molar-refractivity contribution < 1.29 is 8.42 Å². The van der Waals surface area contributed by atoms with Gasteiger partial charge in [0.2, 0.25) is 10.0 Å². The molecule has 22 heavy (non-hydrogen) atoms. The van der Waals surface area contributed by atoms with Crippen LogP contribution in [0.2, 0.25) is 0 Å². The Bertz CT molecular complexity index is 658. The van der Waals surface area contributed by atoms with Gasteiger partial charge in [-0.2, -0.15) is 0 Å². The predicted octanol–water partition coefficient (Wildman–Crippen LogP) is 2.37. The van der Waals surface area contributed by atoms with E-state index in [1.165, 1.54) is 0 Å². The number of hydrogen-bond donors (Lipinski definition) is 1. The van der Waals surface area contributed by atoms with Crippen molar-refractivity contribution in [2.24, 2.45) is 5.84 Å². The van der Waals surface area contributed by atoms with Crippen LogP contribution < -0.4 is 5.84 Å². The molecule has 0 fully saturated rings. The highest BCUT2D eigenvalue weighted by Crippen LogP contribution is 2.07. The summed E-state index contributed by atoms with van der Waals surface area (Å²) in [4.78, 5) is 0. The largest absolute Gasteiger partial charge is 0.255 e. The number of sulfonamides is 1. The minimum Gasteiger partial charge on any atom is -0.255 e. The van der Waals surface area contributed by atoms with E-state index < -0.39 is 10.0 Å². The van der Waals surface area contributed by atoms with Gasteiger partial charge in [-0.3, -0.25) is 5.84 Å². The Labute approximate surface area is 132 Å². The highest BCUT2D eigenvalue weighted by Gasteiger charge is 2.17. The molecular formula is C17H22N2O2S. The lowest BCUT2D eigenvalue weighted by molar-refractivity contribution is 0.428. The molecule has 2 aromatic rings. The van der Waals surface area contributed by atoms with E-state index in [1.807, 2.05) is 60.7 Å². The molecule has 0 bridgehead atoms. The third-order valence-electron chi connectivity index (χ3n) is 3.53. The Kier molecular flexibility index (Phi) is 6.12. The van der Waals surface area contributed by atoms with Gasteiger partial charge in [-0.1, -0.05) is 60.7 Å². The fourth-order valence-corrected chi connectivity index (χ4v) is 3.36. The van der Waals surface area contributed by atoms with Crippen LogP contribution in [0.5, 0.6) is 0 Å². The van der Waals surface area contributed by atoms with E-state index >= 15 is 0 Å². The van der Waals surface area contributed by atoms with Crippen LogP contribution in [0.15, 0.2) is 60.7 Å². The molecule has 0 saturated heterocycles. The second-order valence-corrected chi connectivity index (χ2v) is 7.29. The zero-order chi connectivity index (χ0) is 15.8. The van der Waals surface area contributed by atoms with E-state index in [0.29, 0.717) is 19.4 Å². The van der Waals surface area contributed by atoms with E-state index in [1.54, 1.807) is 0 Å². The number of nitrogens with two attached hydrogens (primary N) is 1. The zero-order valence-corrected chi connectivity index (χ0v) is 13.4. The molecule has 0 heterocycles. The molecule has 0 saturated carbocycles. The Balaban J connectivity index is 1.79. The van der Waals surface area contributed by atoms with Crippen molar-refractivity contribution in [2.45, 2.75) is 19.3 Å². The Morgan fingerprint density at radius 2 is 1.32 bits per heavy atom. The molecule has 0 spiro atoms. The third kappa shape index (κ3) is 5.26. The summed E-state index contributed by atoms with van der Waals surface area (Å²) in [5.41, 5.74) is 2.22. The van der Waals surface area contributed by atoms with E-state index in [0.717, 1.165) is 22.0 Å². The van der Waals surface area contributed by atoms with Crippen molar-refractivity contribution >= 4 is 10.0 Å². The van der Waals surface area contributed by atoms with Crippen molar-refractivity contribution in [3.63, 3.8) is 0 Å². The average Bonchev–Trinajstić information content (AvgIpc) is 2.54. The molecular weight excluding hydrogens is 296 g/mol. The van der Waals surface area contributed by atoms with Crippen LogP contribution in [-0.2, 0) is 22.9 Å². The lowest BCUT2D eigenvalue weighted by atomic mass is 10.1. The maximum atomic E-state index is 12.1. The molecule has 2 N–H and O–H groups in total. The molecule has 0 amide bonds. The van der Waals surface area contributed by atoms with Crippen LogP contribution in [0.25, 0.3) is 0 Å². The van der Waals surface area contributed by atoms with Gasteiger partial charge in [0, 0.05) is 6.54 Å². The van der Waals surface area contributed by atoms with Gasteiger partial charge in [0.05, 0.1) is 5.75 Å². The van der Waals surface area contributed by atoms with Crippen LogP contribution in [0.4, 0.5) is 0 Å². The molecule has 0 aliphatic carbocycles. The fourth-order valence-electron chi connectivity index (χ4n) is 2.24. The van der Waals surface area contributed by atoms with E-state index in [-0.39, 0.29) is 5.75 Å². The van der Waals surface area contributed by atoms with Gasteiger partial charge >= 0.3 is 0 Å². The number of hydrogen-bond acceptors (Lipinski definition) is 3. The molecule has 0 unspecified atom stereocenters. The molecule has 0 atom stereocenters. The monoisotopic (exact) mass is 318 g/mol. The molecule has 0 radical (unpaired) electrons. The smallest absolute Gasteiger partial charge is 0.226 e. The summed E-state index contributed by atoms with van der Waals surface area (Å²) in [6, 6.07) is 19.6. The van der Waals surface area contributed by atoms with Gasteiger partial charge in [0.25, 0.3) is 0 Å². The Hall–Kier alpha value is -1.69. The normalized spacial score (nSPS) is 11.7. The number of benzene rings is 2. The molecule has 4 nitrogen and oxygen atoms in total. The van der Waals surface area contributed by atoms with E-state index in [2.05, 4.69) is 0 Å². The fraction of sp³-hybridized carbons (Fsp3) is 0.294. The first-order valence-corrected chi connectivity index (χ1v) is 9.02. The number of hydrazine groups is 1. The topological polar surface area (TPSA) is 63.4 Å². The first-order valence-electron chi connectivity index (χ1n) is 7.41. The number of aryl methyl sites for hydroxylation is 1. The van der Waals surface area contributed by atoms with Crippen molar-refractivity contribution in [3.05, 3.63) is 71.8 Å². The van der Waals surface area contributed by atoms with E-state index in [9.17, 15) is 8.42 Å². The summed E-state index contributed by atoms with van der Waals surface area (Å²) in [6.45, 7) is 0.303. The molecule has 118 valence electrons. The van der Waals surface area contributed by atoms with Crippen molar-refractivity contribution in [3.8, 4) is 0 Å². The lowest BCUT2D eigenvalue weighted by Crippen LogP contribution is -2.40. The van der Waals surface area contributed by atoms with Crippen LogP contribution in [-0.4, -0.2) is 25.1 Å². The molecule has 2 rings (SSSR count). The van der Waals surface area contributed by atoms with Crippen molar-refractivity contribution in [1.82, 2.24) is 4.41 Å². The minimum atomic E-state index is -3.39. The van der Waals surface area contributed by atoms with Crippen molar-refractivity contribution in [1.29, 1.82) is 0 Å². The first kappa shape index (κ1) is 16.7. The molecule has 2 aromatic carbocycles. The standard InChI is InChI=1S/C17H22N2O2S/c18-19(14-13-17-10-5-2-6-11-17)22(20,21)15-7-12-16-8-3-1-4-9-16/h1-6,8-11H,7,12-15,18H2. The second-order valence-electron chi connectivity index (χ2n) is 5.25. The molecule has 5 heteroatoms. The summed E-state index contributed by atoms with van der Waals surface area (Å²) in [5, 5.41) is 0. The molecule has 0 aliphatic rings. The van der Waals surface area contributed by atoms with Gasteiger partial charge in [-0.05, 0) is 30.4 Å². The van der Waals surface area contributed by atoms with Crippen LogP contribution in [0, 0.1) is 0 Å². The summed E-state index contributed by atoms with van der Waals surface area (Å²) in [7, 11) is -3.39. The quantitative estimate of drug-likeness (QED) is 0.600. The number of nitrogens with zero attached hydrogens (tertiary/aromatic N) is 1. The van der Waals surface area contributed by atoms with Crippen LogP contribution in [0.1, 0.15) is 17.5 Å². The average molecular weight is 318 g/mol. The highest BCUT2D eigenvalue weighted by molar-refractivity contribution is 7.89. The Morgan fingerprint density at radius 3 is 1.86 bits per heavy atom. The molecule has 0 aromatic heterocycles. The zero-order valence-electron chi connectivity index (χ0n) is 12.6. The predicted molar refractivity (Wildman–Crippen MR) is 89.6 cm³/mol. The van der Waals surface area contributed by atoms with Gasteiger partial charge in [-0.25, -0.2) is 8.42 Å². The van der Waals surface area contributed by atoms with Crippen LogP contribution in [0.3, 0.4) is 0 Å². The maximum Gasteiger partial charge on any atom is 0.226 e. The summed E-state index contributed by atoms with van der Waals surface area (Å²) < 4.78 is 25.3. The number of rotatable bonds is 8. The first-order chi connectivity index (χ1) is 10.6. The van der Waals surface area contributed by atoms with E-state index in [4.69, 9.17) is 5.84 Å². The summed E-state index contributed by atoms with van der Waals surface area (Å²) in [5.74, 6) is 5.80. The minimum absolute atomic E-state index is 0.0766. The van der Waals surface area contributed by atoms with Gasteiger partial charge in [0.15, 0.2) is 0 Å². The maximum absolute atomic E-state index is 12.1. The SMILES string of the molecule is NN(CCc1ccccc1)S(=O)(=O)CCCc1ccccc1. The van der Waals surface area contributed by atoms with Gasteiger partial charge in [-0.15, -0.1) is 4.41 Å². The Morgan fingerprint density at radius 1 is 0.818 bits per heavy atom. The van der Waals surface area contributed by atoms with Crippen molar-refractivity contribution in [2.75, 3.05) is 12.3 Å². The lowest BCUT2D eigenvalue weighted by Gasteiger charge is -2.16. The van der Waals surface area contributed by atoms with Crippen LogP contribution >= 0.6 is 0 Å². The van der Waals surface area contributed by atoms with Gasteiger partial charge in [0.1, 0.15) is 0 Å². The highest BCUT2D eigenvalue weighted by atomic mass is 32.2. The summed E-state index contributed by atoms with van der Waals surface area (Å²) in [6.07, 6.45) is 1.94.